The lowest BCUT2D eigenvalue weighted by Gasteiger charge is -2.33. The van der Waals surface area contributed by atoms with Crippen LogP contribution in [-0.4, -0.2) is 45.7 Å². The molecule has 3 rings (SSSR count). The molecule has 0 spiro atoms. The van der Waals surface area contributed by atoms with Gasteiger partial charge in [-0.25, -0.2) is 4.79 Å². The molecule has 1 aromatic heterocycles. The minimum atomic E-state index is -0.446. The molecule has 0 saturated carbocycles. The zero-order valence-corrected chi connectivity index (χ0v) is 19.1. The number of amides is 1. The molecular formula is C23H33N3O2S. The number of nitrogens with zero attached hydrogens (tertiary/aromatic N) is 3. The van der Waals surface area contributed by atoms with E-state index in [2.05, 4.69) is 48.3 Å². The molecular weight excluding hydrogens is 382 g/mol. The van der Waals surface area contributed by atoms with E-state index >= 15 is 0 Å². The van der Waals surface area contributed by atoms with Gasteiger partial charge in [-0.3, -0.25) is 4.68 Å². The van der Waals surface area contributed by atoms with Gasteiger partial charge in [-0.1, -0.05) is 19.1 Å². The van der Waals surface area contributed by atoms with Gasteiger partial charge in [0.05, 0.1) is 12.2 Å². The number of carbonyl (C=O) groups excluding carboxylic acids is 1. The van der Waals surface area contributed by atoms with Gasteiger partial charge in [0.2, 0.25) is 0 Å². The molecule has 5 nitrogen and oxygen atoms in total. The highest BCUT2D eigenvalue weighted by atomic mass is 32.2. The molecule has 2 heterocycles. The first-order valence-electron chi connectivity index (χ1n) is 10.5. The van der Waals surface area contributed by atoms with Gasteiger partial charge in [-0.15, -0.1) is 11.8 Å². The van der Waals surface area contributed by atoms with Crippen LogP contribution in [0.1, 0.15) is 63.3 Å². The van der Waals surface area contributed by atoms with Crippen LogP contribution in [0.5, 0.6) is 0 Å². The van der Waals surface area contributed by atoms with Crippen molar-refractivity contribution in [3.05, 3.63) is 47.3 Å². The summed E-state index contributed by atoms with van der Waals surface area (Å²) in [6.45, 7) is 10.2. The number of hydrogen-bond acceptors (Lipinski definition) is 4. The van der Waals surface area contributed by atoms with Gasteiger partial charge < -0.3 is 9.64 Å². The number of ether oxygens (including phenoxy) is 1. The van der Waals surface area contributed by atoms with Crippen molar-refractivity contribution in [2.45, 2.75) is 69.9 Å². The second-order valence-electron chi connectivity index (χ2n) is 8.67. The number of rotatable bonds is 5. The summed E-state index contributed by atoms with van der Waals surface area (Å²) in [4.78, 5) is 15.4. The van der Waals surface area contributed by atoms with Gasteiger partial charge in [0.15, 0.2) is 0 Å². The molecule has 1 aliphatic heterocycles. The second kappa shape index (κ2) is 9.24. The van der Waals surface area contributed by atoms with Crippen LogP contribution in [0, 0.1) is 0 Å². The van der Waals surface area contributed by atoms with Crippen LogP contribution in [0.4, 0.5) is 4.79 Å². The maximum absolute atomic E-state index is 12.3. The van der Waals surface area contributed by atoms with Gasteiger partial charge >= 0.3 is 6.09 Å². The Balaban J connectivity index is 1.64. The fraction of sp³-hybridized carbons (Fsp3) is 0.565. The number of aryl methyl sites for hydroxylation is 1. The summed E-state index contributed by atoms with van der Waals surface area (Å²) in [6.07, 6.45) is 6.96. The first-order chi connectivity index (χ1) is 13.8. The molecule has 1 saturated heterocycles. The first-order valence-corrected chi connectivity index (χ1v) is 11.7. The van der Waals surface area contributed by atoms with Crippen molar-refractivity contribution in [1.82, 2.24) is 14.7 Å². The molecule has 1 fully saturated rings. The van der Waals surface area contributed by atoms with Crippen molar-refractivity contribution in [2.24, 2.45) is 0 Å². The normalized spacial score (nSPS) is 15.6. The van der Waals surface area contributed by atoms with Crippen molar-refractivity contribution in [3.8, 4) is 0 Å². The summed E-state index contributed by atoms with van der Waals surface area (Å²) in [5, 5.41) is 4.85. The lowest BCUT2D eigenvalue weighted by atomic mass is 9.89. The Morgan fingerprint density at radius 3 is 2.41 bits per heavy atom. The van der Waals surface area contributed by atoms with E-state index in [1.807, 2.05) is 25.7 Å². The van der Waals surface area contributed by atoms with Crippen molar-refractivity contribution in [3.63, 3.8) is 0 Å². The maximum atomic E-state index is 12.3. The summed E-state index contributed by atoms with van der Waals surface area (Å²) in [7, 11) is 0. The summed E-state index contributed by atoms with van der Waals surface area (Å²) in [6, 6.07) is 8.69. The third kappa shape index (κ3) is 5.78. The first kappa shape index (κ1) is 21.8. The molecule has 0 aliphatic carbocycles. The minimum Gasteiger partial charge on any atom is -0.444 e. The number of carbonyl (C=O) groups is 1. The average Bonchev–Trinajstić information content (AvgIpc) is 3.10. The zero-order chi connectivity index (χ0) is 21.0. The Kier molecular flexibility index (Phi) is 6.93. The number of piperidine rings is 1. The van der Waals surface area contributed by atoms with E-state index < -0.39 is 5.60 Å². The maximum Gasteiger partial charge on any atom is 0.410 e. The third-order valence-electron chi connectivity index (χ3n) is 5.30. The molecule has 158 valence electrons. The summed E-state index contributed by atoms with van der Waals surface area (Å²) < 4.78 is 7.59. The Morgan fingerprint density at radius 1 is 1.21 bits per heavy atom. The smallest absolute Gasteiger partial charge is 0.410 e. The van der Waals surface area contributed by atoms with E-state index in [1.54, 1.807) is 11.8 Å². The monoisotopic (exact) mass is 415 g/mol. The van der Waals surface area contributed by atoms with Crippen LogP contribution in [0.3, 0.4) is 0 Å². The molecule has 6 heteroatoms. The highest BCUT2D eigenvalue weighted by Crippen LogP contribution is 2.31. The topological polar surface area (TPSA) is 47.4 Å². The number of benzene rings is 1. The molecule has 29 heavy (non-hydrogen) atoms. The van der Waals surface area contributed by atoms with E-state index in [4.69, 9.17) is 9.84 Å². The van der Waals surface area contributed by atoms with Crippen LogP contribution < -0.4 is 0 Å². The summed E-state index contributed by atoms with van der Waals surface area (Å²) >= 11 is 1.76. The summed E-state index contributed by atoms with van der Waals surface area (Å²) in [5.74, 6) is 0.455. The van der Waals surface area contributed by atoms with E-state index in [0.717, 1.165) is 38.9 Å². The van der Waals surface area contributed by atoms with E-state index in [-0.39, 0.29) is 6.09 Å². The highest BCUT2D eigenvalue weighted by molar-refractivity contribution is 7.98. The Morgan fingerprint density at radius 2 is 1.86 bits per heavy atom. The minimum absolute atomic E-state index is 0.198. The van der Waals surface area contributed by atoms with Crippen LogP contribution in [0.25, 0.3) is 0 Å². The van der Waals surface area contributed by atoms with Crippen molar-refractivity contribution in [2.75, 3.05) is 19.3 Å². The van der Waals surface area contributed by atoms with E-state index in [1.165, 1.54) is 21.7 Å². The second-order valence-corrected chi connectivity index (χ2v) is 9.55. The SMILES string of the molecule is CCc1nn(Cc2ccc(SC)cc2)cc1C1CCN(C(=O)OC(C)(C)C)CC1. The molecule has 0 N–H and O–H groups in total. The quantitative estimate of drug-likeness (QED) is 0.619. The number of likely N-dealkylation sites (tertiary alicyclic amines) is 1. The molecule has 1 amide bonds. The van der Waals surface area contributed by atoms with Crippen LogP contribution in [0.2, 0.25) is 0 Å². The lowest BCUT2D eigenvalue weighted by Crippen LogP contribution is -2.41. The fourth-order valence-corrected chi connectivity index (χ4v) is 4.20. The third-order valence-corrected chi connectivity index (χ3v) is 6.04. The van der Waals surface area contributed by atoms with Gasteiger partial charge in [0, 0.05) is 24.2 Å². The molecule has 2 aromatic rings. The molecule has 1 aliphatic rings. The highest BCUT2D eigenvalue weighted by Gasteiger charge is 2.29. The number of thioether (sulfide) groups is 1. The fourth-order valence-electron chi connectivity index (χ4n) is 3.79. The van der Waals surface area contributed by atoms with Crippen LogP contribution in [0.15, 0.2) is 35.4 Å². The van der Waals surface area contributed by atoms with Crippen LogP contribution in [-0.2, 0) is 17.7 Å². The van der Waals surface area contributed by atoms with Gasteiger partial charge in [0.1, 0.15) is 5.60 Å². The molecule has 0 atom stereocenters. The average molecular weight is 416 g/mol. The number of hydrogen-bond donors (Lipinski definition) is 0. The predicted octanol–water partition coefficient (Wildman–Crippen LogP) is 5.33. The predicted molar refractivity (Wildman–Crippen MR) is 119 cm³/mol. The van der Waals surface area contributed by atoms with E-state index in [0.29, 0.717) is 5.92 Å². The van der Waals surface area contributed by atoms with Crippen molar-refractivity contribution < 1.29 is 9.53 Å². The Labute approximate surface area is 178 Å². The number of aromatic nitrogens is 2. The largest absolute Gasteiger partial charge is 0.444 e. The van der Waals surface area contributed by atoms with Crippen molar-refractivity contribution >= 4 is 17.9 Å². The molecule has 0 radical (unpaired) electrons. The van der Waals surface area contributed by atoms with Gasteiger partial charge in [-0.05, 0) is 75.5 Å². The standard InChI is InChI=1S/C23H33N3O2S/c1-6-21-20(16-26(24-21)15-17-7-9-19(29-5)10-8-17)18-11-13-25(14-12-18)22(27)28-23(2,3)4/h7-10,16,18H,6,11-15H2,1-5H3. The van der Waals surface area contributed by atoms with Gasteiger partial charge in [-0.2, -0.15) is 5.10 Å². The van der Waals surface area contributed by atoms with Gasteiger partial charge in [0.25, 0.3) is 0 Å². The van der Waals surface area contributed by atoms with E-state index in [9.17, 15) is 4.79 Å². The molecule has 0 bridgehead atoms. The molecule has 1 aromatic carbocycles. The lowest BCUT2D eigenvalue weighted by molar-refractivity contribution is 0.0204. The Hall–Kier alpha value is -1.95. The molecule has 0 unspecified atom stereocenters. The summed E-state index contributed by atoms with van der Waals surface area (Å²) in [5.41, 5.74) is 3.34. The van der Waals surface area contributed by atoms with Crippen LogP contribution >= 0.6 is 11.8 Å². The van der Waals surface area contributed by atoms with Crippen molar-refractivity contribution in [1.29, 1.82) is 0 Å². The zero-order valence-electron chi connectivity index (χ0n) is 18.3. The Bertz CT molecular complexity index is 816.